The Labute approximate surface area is 102 Å². The van der Waals surface area contributed by atoms with E-state index in [9.17, 15) is 4.79 Å². The summed E-state index contributed by atoms with van der Waals surface area (Å²) in [5, 5.41) is 0. The predicted octanol–water partition coefficient (Wildman–Crippen LogP) is 2.74. The summed E-state index contributed by atoms with van der Waals surface area (Å²) < 4.78 is 11.5. The lowest BCUT2D eigenvalue weighted by molar-refractivity contribution is -0.279. The van der Waals surface area contributed by atoms with Crippen molar-refractivity contribution >= 4 is 5.78 Å². The summed E-state index contributed by atoms with van der Waals surface area (Å²) in [7, 11) is 0. The zero-order valence-electron chi connectivity index (χ0n) is 10.5. The number of hydrogen-bond acceptors (Lipinski definition) is 3. The zero-order chi connectivity index (χ0) is 12.5. The fourth-order valence-corrected chi connectivity index (χ4v) is 1.87. The van der Waals surface area contributed by atoms with Gasteiger partial charge in [0, 0.05) is 17.0 Å². The summed E-state index contributed by atoms with van der Waals surface area (Å²) in [6, 6.07) is 7.42. The van der Waals surface area contributed by atoms with Crippen molar-refractivity contribution in [3.63, 3.8) is 0 Å². The minimum absolute atomic E-state index is 0.0702. The number of ether oxygens (including phenoxy) is 2. The summed E-state index contributed by atoms with van der Waals surface area (Å²) in [6.45, 7) is 6.97. The molecule has 92 valence electrons. The largest absolute Gasteiger partial charge is 0.346 e. The van der Waals surface area contributed by atoms with Crippen molar-refractivity contribution in [1.82, 2.24) is 0 Å². The Balaban J connectivity index is 2.19. The van der Waals surface area contributed by atoms with Gasteiger partial charge in [-0.05, 0) is 13.8 Å². The summed E-state index contributed by atoms with van der Waals surface area (Å²) in [5.74, 6) is -0.178. The first-order chi connectivity index (χ1) is 8.01. The summed E-state index contributed by atoms with van der Waals surface area (Å²) in [5.41, 5.74) is 1.66. The van der Waals surface area contributed by atoms with Crippen LogP contribution in [0.1, 0.15) is 36.7 Å². The van der Waals surface area contributed by atoms with E-state index >= 15 is 0 Å². The zero-order valence-corrected chi connectivity index (χ0v) is 10.5. The molecule has 1 aromatic carbocycles. The molecular weight excluding hydrogens is 216 g/mol. The van der Waals surface area contributed by atoms with Gasteiger partial charge in [0.2, 0.25) is 0 Å². The average molecular weight is 234 g/mol. The Morgan fingerprint density at radius 1 is 1.24 bits per heavy atom. The van der Waals surface area contributed by atoms with Gasteiger partial charge in [-0.3, -0.25) is 4.79 Å². The Hall–Kier alpha value is -1.19. The molecule has 0 radical (unpaired) electrons. The van der Waals surface area contributed by atoms with Crippen molar-refractivity contribution in [3.05, 3.63) is 35.4 Å². The smallest absolute Gasteiger partial charge is 0.191 e. The van der Waals surface area contributed by atoms with Crippen LogP contribution in [0, 0.1) is 5.92 Å². The molecule has 0 atom stereocenters. The molecule has 0 spiro atoms. The number of Topliss-reactive ketones (excluding diaryl/α,β-unsaturated/α-hetero) is 1. The summed E-state index contributed by atoms with van der Waals surface area (Å²) >= 11 is 0. The third-order valence-electron chi connectivity index (χ3n) is 3.10. The first-order valence-corrected chi connectivity index (χ1v) is 5.90. The van der Waals surface area contributed by atoms with Crippen molar-refractivity contribution in [2.24, 2.45) is 5.92 Å². The monoisotopic (exact) mass is 234 g/mol. The summed E-state index contributed by atoms with van der Waals surface area (Å²) in [4.78, 5) is 11.2. The molecule has 1 aliphatic heterocycles. The minimum Gasteiger partial charge on any atom is -0.346 e. The van der Waals surface area contributed by atoms with Crippen molar-refractivity contribution in [1.29, 1.82) is 0 Å². The number of benzene rings is 1. The third kappa shape index (κ3) is 2.56. The van der Waals surface area contributed by atoms with E-state index in [-0.39, 0.29) is 5.78 Å². The maximum Gasteiger partial charge on any atom is 0.191 e. The van der Waals surface area contributed by atoms with Gasteiger partial charge in [0.05, 0.1) is 13.2 Å². The Kier molecular flexibility index (Phi) is 3.31. The number of hydrogen-bond donors (Lipinski definition) is 0. The lowest BCUT2D eigenvalue weighted by Crippen LogP contribution is -2.38. The molecule has 17 heavy (non-hydrogen) atoms. The van der Waals surface area contributed by atoms with Gasteiger partial charge in [0.1, 0.15) is 0 Å². The first kappa shape index (κ1) is 12.3. The molecular formula is C14H18O3. The van der Waals surface area contributed by atoms with E-state index in [2.05, 4.69) is 6.92 Å². The molecule has 3 nitrogen and oxygen atoms in total. The van der Waals surface area contributed by atoms with Crippen LogP contribution in [0.15, 0.2) is 24.3 Å². The molecule has 0 aliphatic carbocycles. The lowest BCUT2D eigenvalue weighted by atomic mass is 10.0. The summed E-state index contributed by atoms with van der Waals surface area (Å²) in [6.07, 6.45) is 0. The van der Waals surface area contributed by atoms with Crippen LogP contribution in [0.25, 0.3) is 0 Å². The highest BCUT2D eigenvalue weighted by atomic mass is 16.7. The van der Waals surface area contributed by atoms with E-state index in [0.29, 0.717) is 24.7 Å². The topological polar surface area (TPSA) is 35.5 Å². The van der Waals surface area contributed by atoms with Crippen LogP contribution in [0.5, 0.6) is 0 Å². The van der Waals surface area contributed by atoms with Gasteiger partial charge in [0.15, 0.2) is 11.6 Å². The second-order valence-electron chi connectivity index (χ2n) is 4.81. The fourth-order valence-electron chi connectivity index (χ4n) is 1.87. The third-order valence-corrected chi connectivity index (χ3v) is 3.10. The number of ketones is 1. The van der Waals surface area contributed by atoms with Crippen LogP contribution in [0.2, 0.25) is 0 Å². The molecule has 1 saturated heterocycles. The maximum absolute atomic E-state index is 11.2. The van der Waals surface area contributed by atoms with Crippen molar-refractivity contribution in [3.8, 4) is 0 Å². The molecule has 0 unspecified atom stereocenters. The van der Waals surface area contributed by atoms with Crippen LogP contribution in [0.4, 0.5) is 0 Å². The van der Waals surface area contributed by atoms with Gasteiger partial charge < -0.3 is 9.47 Å². The van der Waals surface area contributed by atoms with E-state index in [1.807, 2.05) is 31.2 Å². The molecule has 1 aliphatic rings. The number of carbonyl (C=O) groups is 1. The Morgan fingerprint density at radius 2 is 1.76 bits per heavy atom. The van der Waals surface area contributed by atoms with Crippen LogP contribution >= 0.6 is 0 Å². The second-order valence-corrected chi connectivity index (χ2v) is 4.81. The number of rotatable bonds is 2. The number of carbonyl (C=O) groups excluding carboxylic acids is 1. The standard InChI is InChI=1S/C14H18O3/c1-10-8-16-14(3,17-9-10)13-6-4-12(5-7-13)11(2)15/h4-7,10H,8-9H2,1-3H3. The van der Waals surface area contributed by atoms with Crippen molar-refractivity contribution in [2.75, 3.05) is 13.2 Å². The average Bonchev–Trinajstić information content (AvgIpc) is 2.33. The molecule has 0 saturated carbocycles. The SMILES string of the molecule is CC(=O)c1ccc(C2(C)OCC(C)CO2)cc1. The van der Waals surface area contributed by atoms with Gasteiger partial charge in [-0.2, -0.15) is 0 Å². The molecule has 0 bridgehead atoms. The van der Waals surface area contributed by atoms with Gasteiger partial charge in [-0.15, -0.1) is 0 Å². The molecule has 0 N–H and O–H groups in total. The highest BCUT2D eigenvalue weighted by Crippen LogP contribution is 2.31. The highest BCUT2D eigenvalue weighted by molar-refractivity contribution is 5.94. The van der Waals surface area contributed by atoms with Crippen molar-refractivity contribution < 1.29 is 14.3 Å². The maximum atomic E-state index is 11.2. The van der Waals surface area contributed by atoms with Crippen LogP contribution < -0.4 is 0 Å². The van der Waals surface area contributed by atoms with E-state index in [1.165, 1.54) is 0 Å². The molecule has 0 aromatic heterocycles. The first-order valence-electron chi connectivity index (χ1n) is 5.90. The fraction of sp³-hybridized carbons (Fsp3) is 0.500. The second kappa shape index (κ2) is 4.59. The van der Waals surface area contributed by atoms with E-state index < -0.39 is 5.79 Å². The van der Waals surface area contributed by atoms with Crippen LogP contribution in [-0.2, 0) is 15.3 Å². The Bertz CT molecular complexity index is 400. The van der Waals surface area contributed by atoms with E-state index in [1.54, 1.807) is 6.92 Å². The molecule has 1 aromatic rings. The van der Waals surface area contributed by atoms with Gasteiger partial charge >= 0.3 is 0 Å². The quantitative estimate of drug-likeness (QED) is 0.738. The van der Waals surface area contributed by atoms with Crippen LogP contribution in [0.3, 0.4) is 0 Å². The molecule has 0 amide bonds. The molecule has 1 fully saturated rings. The molecule has 3 heteroatoms. The lowest BCUT2D eigenvalue weighted by Gasteiger charge is -2.37. The van der Waals surface area contributed by atoms with E-state index in [0.717, 1.165) is 5.56 Å². The minimum atomic E-state index is -0.679. The molecule has 1 heterocycles. The van der Waals surface area contributed by atoms with Gasteiger partial charge in [0.25, 0.3) is 0 Å². The molecule has 2 rings (SSSR count). The van der Waals surface area contributed by atoms with E-state index in [4.69, 9.17) is 9.47 Å². The van der Waals surface area contributed by atoms with Crippen LogP contribution in [-0.4, -0.2) is 19.0 Å². The van der Waals surface area contributed by atoms with Crippen molar-refractivity contribution in [2.45, 2.75) is 26.6 Å². The Morgan fingerprint density at radius 3 is 2.24 bits per heavy atom. The highest BCUT2D eigenvalue weighted by Gasteiger charge is 2.33. The van der Waals surface area contributed by atoms with Gasteiger partial charge in [-0.1, -0.05) is 31.2 Å². The normalized spacial score (nSPS) is 29.0. The predicted molar refractivity (Wildman–Crippen MR) is 64.9 cm³/mol. The van der Waals surface area contributed by atoms with Gasteiger partial charge in [-0.25, -0.2) is 0 Å².